The summed E-state index contributed by atoms with van der Waals surface area (Å²) in [6.07, 6.45) is -4.59. The van der Waals surface area contributed by atoms with Crippen LogP contribution >= 0.6 is 23.1 Å². The molecule has 43 heavy (non-hydrogen) atoms. The number of fused-ring (bicyclic) bond motifs is 2. The van der Waals surface area contributed by atoms with Crippen molar-refractivity contribution in [1.29, 1.82) is 0 Å². The van der Waals surface area contributed by atoms with E-state index in [2.05, 4.69) is 5.32 Å². The number of imide groups is 1. The minimum atomic E-state index is -4.59. The van der Waals surface area contributed by atoms with Gasteiger partial charge in [0, 0.05) is 16.5 Å². The van der Waals surface area contributed by atoms with E-state index in [9.17, 15) is 32.3 Å². The Balaban J connectivity index is 1.38. The number of benzene rings is 3. The van der Waals surface area contributed by atoms with Crippen molar-refractivity contribution < 1.29 is 32.3 Å². The molecular weight excluding hydrogens is 603 g/mol. The molecule has 2 aliphatic heterocycles. The number of thioether (sulfide) groups is 1. The Kier molecular flexibility index (Phi) is 7.38. The Morgan fingerprint density at radius 1 is 0.953 bits per heavy atom. The summed E-state index contributed by atoms with van der Waals surface area (Å²) >= 11 is 1.93. The number of carbonyl (C=O) groups is 3. The van der Waals surface area contributed by atoms with Gasteiger partial charge in [0.25, 0.3) is 0 Å². The summed E-state index contributed by atoms with van der Waals surface area (Å²) in [7, 11) is 1.52. The van der Waals surface area contributed by atoms with Crippen LogP contribution in [0.2, 0.25) is 0 Å². The number of aromatic nitrogens is 1. The van der Waals surface area contributed by atoms with Gasteiger partial charge in [-0.05, 0) is 48.0 Å². The molecule has 3 amide bonds. The Morgan fingerprint density at radius 2 is 1.67 bits per heavy atom. The largest absolute Gasteiger partial charge is 0.497 e. The number of methoxy groups -OCH3 is 1. The first-order chi connectivity index (χ1) is 20.6. The Morgan fingerprint density at radius 3 is 2.35 bits per heavy atom. The molecule has 1 aromatic heterocycles. The molecule has 3 atom stereocenters. The van der Waals surface area contributed by atoms with Crippen molar-refractivity contribution in [2.75, 3.05) is 17.3 Å². The number of rotatable bonds is 6. The van der Waals surface area contributed by atoms with Crippen molar-refractivity contribution in [3.05, 3.63) is 105 Å². The van der Waals surface area contributed by atoms with Crippen LogP contribution < -0.4 is 19.8 Å². The molecular formula is C30H22F3N3O5S2. The monoisotopic (exact) mass is 625 g/mol. The van der Waals surface area contributed by atoms with Gasteiger partial charge in [-0.25, -0.2) is 4.90 Å². The highest BCUT2D eigenvalue weighted by atomic mass is 32.2. The number of ether oxygens (including phenoxy) is 1. The second-order valence-corrected chi connectivity index (χ2v) is 12.0. The molecule has 1 N–H and O–H groups in total. The number of halogens is 3. The van der Waals surface area contributed by atoms with Gasteiger partial charge in [-0.3, -0.25) is 23.7 Å². The fraction of sp³-hybridized carbons (Fsp3) is 0.200. The number of hydrogen-bond acceptors (Lipinski definition) is 7. The van der Waals surface area contributed by atoms with Crippen LogP contribution in [0, 0.1) is 5.92 Å². The number of thiazole rings is 1. The second kappa shape index (κ2) is 11.0. The lowest BCUT2D eigenvalue weighted by Crippen LogP contribution is -2.33. The van der Waals surface area contributed by atoms with Gasteiger partial charge < -0.3 is 10.1 Å². The van der Waals surface area contributed by atoms with Crippen LogP contribution in [-0.4, -0.2) is 34.6 Å². The Bertz CT molecular complexity index is 1790. The molecule has 0 saturated carbocycles. The third-order valence-corrected chi connectivity index (χ3v) is 9.92. The summed E-state index contributed by atoms with van der Waals surface area (Å²) in [5.41, 5.74) is 0.125. The zero-order valence-corrected chi connectivity index (χ0v) is 24.0. The first-order valence-electron chi connectivity index (χ1n) is 13.0. The molecule has 13 heteroatoms. The highest BCUT2D eigenvalue weighted by Gasteiger charge is 2.56. The first kappa shape index (κ1) is 28.7. The fourth-order valence-corrected chi connectivity index (χ4v) is 8.15. The Labute approximate surface area is 251 Å². The van der Waals surface area contributed by atoms with E-state index in [0.29, 0.717) is 26.9 Å². The van der Waals surface area contributed by atoms with Gasteiger partial charge in [-0.2, -0.15) is 13.2 Å². The minimum absolute atomic E-state index is 0.0733. The number of carbonyl (C=O) groups excluding carboxylic acids is 3. The van der Waals surface area contributed by atoms with Gasteiger partial charge in [0.15, 0.2) is 0 Å². The van der Waals surface area contributed by atoms with Crippen molar-refractivity contribution >= 4 is 52.2 Å². The van der Waals surface area contributed by atoms with Crippen molar-refractivity contribution in [3.8, 4) is 5.75 Å². The average molecular weight is 626 g/mol. The van der Waals surface area contributed by atoms with Crippen LogP contribution in [0.15, 0.2) is 88.7 Å². The third-order valence-electron chi connectivity index (χ3n) is 7.31. The molecule has 220 valence electrons. The van der Waals surface area contributed by atoms with Gasteiger partial charge in [0.2, 0.25) is 17.7 Å². The predicted octanol–water partition coefficient (Wildman–Crippen LogP) is 5.37. The highest BCUT2D eigenvalue weighted by Crippen LogP contribution is 2.54. The third kappa shape index (κ3) is 5.23. The number of para-hydroxylation sites is 1. The van der Waals surface area contributed by atoms with Crippen LogP contribution in [0.1, 0.15) is 21.9 Å². The van der Waals surface area contributed by atoms with Crippen LogP contribution in [0.4, 0.5) is 24.5 Å². The molecule has 4 aromatic rings. The zero-order valence-electron chi connectivity index (χ0n) is 22.3. The van der Waals surface area contributed by atoms with Crippen molar-refractivity contribution in [3.63, 3.8) is 0 Å². The molecule has 3 heterocycles. The number of amides is 3. The van der Waals surface area contributed by atoms with Crippen LogP contribution in [-0.2, 0) is 27.1 Å². The molecule has 0 bridgehead atoms. The van der Waals surface area contributed by atoms with E-state index < -0.39 is 58.0 Å². The second-order valence-electron chi connectivity index (χ2n) is 9.91. The Hall–Kier alpha value is -4.36. The van der Waals surface area contributed by atoms with E-state index in [4.69, 9.17) is 4.74 Å². The maximum absolute atomic E-state index is 13.9. The number of nitrogens with one attached hydrogen (secondary N) is 1. The summed E-state index contributed by atoms with van der Waals surface area (Å²) in [5.74, 6) is -2.44. The van der Waals surface area contributed by atoms with E-state index >= 15 is 0 Å². The lowest BCUT2D eigenvalue weighted by molar-refractivity contribution is -0.137. The summed E-state index contributed by atoms with van der Waals surface area (Å²) in [6, 6.07) is 19.8. The van der Waals surface area contributed by atoms with Gasteiger partial charge in [-0.15, -0.1) is 0 Å². The number of nitrogens with zero attached hydrogens (tertiary/aromatic N) is 2. The van der Waals surface area contributed by atoms with Gasteiger partial charge in [0.1, 0.15) is 17.5 Å². The minimum Gasteiger partial charge on any atom is -0.497 e. The van der Waals surface area contributed by atoms with E-state index in [1.165, 1.54) is 23.8 Å². The average Bonchev–Trinajstić information content (AvgIpc) is 3.43. The molecule has 2 aliphatic rings. The summed E-state index contributed by atoms with van der Waals surface area (Å²) in [5, 5.41) is 1.92. The lowest BCUT2D eigenvalue weighted by atomic mass is 9.83. The molecule has 1 saturated heterocycles. The SMILES string of the molecule is COc1ccc([C@@H]2c3sc(=O)n(CC(=O)Nc4cccc(C(F)(F)F)c4)c3S[C@H]3C(=O)N(c4ccccc4)C(=O)[C@@H]23)cc1. The number of anilines is 2. The van der Waals surface area contributed by atoms with Crippen molar-refractivity contribution in [2.45, 2.75) is 28.9 Å². The zero-order chi connectivity index (χ0) is 30.5. The number of hydrogen-bond donors (Lipinski definition) is 1. The van der Waals surface area contributed by atoms with Crippen LogP contribution in [0.5, 0.6) is 5.75 Å². The molecule has 0 aliphatic carbocycles. The van der Waals surface area contributed by atoms with Crippen molar-refractivity contribution in [1.82, 2.24) is 4.57 Å². The molecule has 1 fully saturated rings. The van der Waals surface area contributed by atoms with E-state index in [1.807, 2.05) is 0 Å². The van der Waals surface area contributed by atoms with Gasteiger partial charge >= 0.3 is 11.0 Å². The van der Waals surface area contributed by atoms with E-state index in [-0.39, 0.29) is 5.69 Å². The molecule has 3 aromatic carbocycles. The quantitative estimate of drug-likeness (QED) is 0.290. The summed E-state index contributed by atoms with van der Waals surface area (Å²) < 4.78 is 45.9. The van der Waals surface area contributed by atoms with E-state index in [0.717, 1.165) is 40.1 Å². The van der Waals surface area contributed by atoms with Gasteiger partial charge in [0.05, 0.1) is 29.3 Å². The number of alkyl halides is 3. The highest BCUT2D eigenvalue weighted by molar-refractivity contribution is 8.00. The smallest absolute Gasteiger partial charge is 0.416 e. The van der Waals surface area contributed by atoms with Crippen LogP contribution in [0.3, 0.4) is 0 Å². The fourth-order valence-electron chi connectivity index (χ4n) is 5.37. The lowest BCUT2D eigenvalue weighted by Gasteiger charge is -2.30. The molecule has 0 unspecified atom stereocenters. The van der Waals surface area contributed by atoms with Crippen molar-refractivity contribution in [2.24, 2.45) is 5.92 Å². The first-order valence-corrected chi connectivity index (χ1v) is 14.7. The molecule has 0 radical (unpaired) electrons. The summed E-state index contributed by atoms with van der Waals surface area (Å²) in [6.45, 7) is -0.495. The maximum Gasteiger partial charge on any atom is 0.416 e. The van der Waals surface area contributed by atoms with Gasteiger partial charge in [-0.1, -0.05) is 59.5 Å². The predicted molar refractivity (Wildman–Crippen MR) is 156 cm³/mol. The van der Waals surface area contributed by atoms with Crippen LogP contribution in [0.25, 0.3) is 0 Å². The molecule has 6 rings (SSSR count). The molecule has 0 spiro atoms. The van der Waals surface area contributed by atoms with E-state index in [1.54, 1.807) is 54.6 Å². The summed E-state index contributed by atoms with van der Waals surface area (Å²) in [4.78, 5) is 55.1. The topological polar surface area (TPSA) is 97.7 Å². The standard InChI is InChI=1S/C30H22F3N3O5S2/c1-41-20-12-10-16(11-13-20)22-23-24(27(39)36(26(23)38)19-8-3-2-4-9-19)42-28-25(22)43-29(40)35(28)15-21(37)34-18-7-5-6-17(14-18)30(31,32)33/h2-14,22-24H,15H2,1H3,(H,34,37)/t22-,23-,24+/m0/s1. The maximum atomic E-state index is 13.9. The molecule has 8 nitrogen and oxygen atoms in total. The normalized spacial score (nSPS) is 19.6.